The van der Waals surface area contributed by atoms with Crippen LogP contribution in [0.2, 0.25) is 0 Å². The molecule has 0 bridgehead atoms. The number of aromatic nitrogens is 1. The Kier molecular flexibility index (Phi) is 3.62. The summed E-state index contributed by atoms with van der Waals surface area (Å²) in [4.78, 5) is 35.5. The first-order valence-electron chi connectivity index (χ1n) is 7.93. The highest BCUT2D eigenvalue weighted by Gasteiger charge is 2.40. The number of piperazine rings is 1. The van der Waals surface area contributed by atoms with Crippen molar-refractivity contribution in [3.05, 3.63) is 18.0 Å². The fraction of sp³-hybridized carbons (Fsp3) is 0.533. The number of amides is 2. The van der Waals surface area contributed by atoms with Gasteiger partial charge in [-0.2, -0.15) is 4.99 Å². The quantitative estimate of drug-likeness (QED) is 0.787. The van der Waals surface area contributed by atoms with Crippen LogP contribution in [0.3, 0.4) is 0 Å². The minimum atomic E-state index is -1.70. The molecule has 0 aromatic carbocycles. The Bertz CT molecular complexity index is 717. The van der Waals surface area contributed by atoms with E-state index < -0.39 is 12.1 Å². The van der Waals surface area contributed by atoms with E-state index in [4.69, 9.17) is 4.52 Å². The van der Waals surface area contributed by atoms with E-state index in [0.717, 1.165) is 12.8 Å². The highest BCUT2D eigenvalue weighted by molar-refractivity contribution is 6.18. The Morgan fingerprint density at radius 1 is 1.21 bits per heavy atom. The van der Waals surface area contributed by atoms with Gasteiger partial charge in [0, 0.05) is 38.2 Å². The van der Waals surface area contributed by atoms with Crippen molar-refractivity contribution in [2.45, 2.75) is 19.0 Å². The second-order valence-electron chi connectivity index (χ2n) is 6.08. The molecule has 2 amide bonds. The molecule has 1 unspecified atom stereocenters. The number of aliphatic imine (C=N–C) groups is 2. The molecule has 24 heavy (non-hydrogen) atoms. The normalized spacial score (nSPS) is 24.7. The van der Waals surface area contributed by atoms with Gasteiger partial charge >= 0.3 is 0 Å². The molecule has 3 aliphatic rings. The summed E-state index contributed by atoms with van der Waals surface area (Å²) in [5.41, 5.74) is 0.310. The number of carbonyl (C=O) groups is 2. The monoisotopic (exact) mass is 333 g/mol. The van der Waals surface area contributed by atoms with Gasteiger partial charge in [-0.1, -0.05) is 5.16 Å². The summed E-state index contributed by atoms with van der Waals surface area (Å²) < 4.78 is 18.8. The molecule has 1 atom stereocenters. The van der Waals surface area contributed by atoms with E-state index in [1.165, 1.54) is 12.3 Å². The minimum absolute atomic E-state index is 0.0729. The Balaban J connectivity index is 1.43. The van der Waals surface area contributed by atoms with Crippen LogP contribution in [0.1, 0.15) is 23.4 Å². The molecule has 9 heteroatoms. The molecule has 1 aromatic rings. The van der Waals surface area contributed by atoms with E-state index in [9.17, 15) is 14.0 Å². The smallest absolute Gasteiger partial charge is 0.292 e. The largest absolute Gasteiger partial charge is 0.351 e. The summed E-state index contributed by atoms with van der Waals surface area (Å²) in [6.45, 7) is 1.84. The van der Waals surface area contributed by atoms with Gasteiger partial charge in [0.2, 0.25) is 17.9 Å². The molecule has 126 valence electrons. The number of hydrogen-bond donors (Lipinski definition) is 0. The molecular weight excluding hydrogens is 317 g/mol. The summed E-state index contributed by atoms with van der Waals surface area (Å²) in [5.74, 6) is -0.462. The van der Waals surface area contributed by atoms with Gasteiger partial charge in [-0.15, -0.1) is 0 Å². The predicted octanol–water partition coefficient (Wildman–Crippen LogP) is 0.518. The first kappa shape index (κ1) is 15.0. The van der Waals surface area contributed by atoms with E-state index >= 15 is 0 Å². The standard InChI is InChI=1S/C15H16FN5O3/c16-11-12(9-1-2-9)18-15(19-13(11)22)21-7-5-20(6-8-21)14(23)10-3-4-17-24-10/h3-4,9,11H,1-2,5-8H2. The van der Waals surface area contributed by atoms with Crippen LogP contribution in [0.15, 0.2) is 26.8 Å². The number of carbonyl (C=O) groups excluding carboxylic acids is 2. The molecule has 1 aromatic heterocycles. The maximum atomic E-state index is 13.9. The predicted molar refractivity (Wildman–Crippen MR) is 81.5 cm³/mol. The first-order valence-corrected chi connectivity index (χ1v) is 7.93. The maximum Gasteiger partial charge on any atom is 0.292 e. The summed E-state index contributed by atoms with van der Waals surface area (Å²) in [6.07, 6.45) is 1.47. The van der Waals surface area contributed by atoms with Crippen LogP contribution in [0, 0.1) is 5.92 Å². The van der Waals surface area contributed by atoms with E-state index in [1.807, 2.05) is 4.90 Å². The Hall–Kier alpha value is -2.58. The van der Waals surface area contributed by atoms with Gasteiger partial charge in [-0.3, -0.25) is 9.59 Å². The lowest BCUT2D eigenvalue weighted by Crippen LogP contribution is -2.51. The molecule has 1 aliphatic carbocycles. The molecule has 2 aliphatic heterocycles. The Morgan fingerprint density at radius 3 is 2.58 bits per heavy atom. The summed E-state index contributed by atoms with van der Waals surface area (Å²) in [5, 5.41) is 3.53. The van der Waals surface area contributed by atoms with Gasteiger partial charge in [-0.05, 0) is 12.8 Å². The van der Waals surface area contributed by atoms with Crippen molar-refractivity contribution in [2.24, 2.45) is 15.9 Å². The van der Waals surface area contributed by atoms with E-state index in [-0.39, 0.29) is 23.5 Å². The van der Waals surface area contributed by atoms with Crippen molar-refractivity contribution in [3.63, 3.8) is 0 Å². The van der Waals surface area contributed by atoms with Crippen molar-refractivity contribution in [3.8, 4) is 0 Å². The fourth-order valence-electron chi connectivity index (χ4n) is 2.89. The van der Waals surface area contributed by atoms with Crippen LogP contribution in [-0.2, 0) is 4.79 Å². The molecule has 0 radical (unpaired) electrons. The van der Waals surface area contributed by atoms with Gasteiger partial charge in [0.15, 0.2) is 0 Å². The molecule has 0 N–H and O–H groups in total. The van der Waals surface area contributed by atoms with Crippen LogP contribution < -0.4 is 0 Å². The molecule has 1 saturated carbocycles. The lowest BCUT2D eigenvalue weighted by Gasteiger charge is -2.35. The van der Waals surface area contributed by atoms with Crippen LogP contribution in [0.4, 0.5) is 4.39 Å². The van der Waals surface area contributed by atoms with Crippen molar-refractivity contribution < 1.29 is 18.5 Å². The lowest BCUT2D eigenvalue weighted by molar-refractivity contribution is -0.120. The number of hydrogen-bond acceptors (Lipinski definition) is 6. The average molecular weight is 333 g/mol. The minimum Gasteiger partial charge on any atom is -0.351 e. The molecule has 8 nitrogen and oxygen atoms in total. The van der Waals surface area contributed by atoms with Gasteiger partial charge < -0.3 is 14.3 Å². The molecule has 0 spiro atoms. The van der Waals surface area contributed by atoms with Crippen LogP contribution in [0.25, 0.3) is 0 Å². The molecule has 3 heterocycles. The van der Waals surface area contributed by atoms with E-state index in [0.29, 0.717) is 31.9 Å². The topological polar surface area (TPSA) is 91.4 Å². The highest BCUT2D eigenvalue weighted by atomic mass is 19.1. The zero-order valence-corrected chi connectivity index (χ0v) is 12.9. The first-order chi connectivity index (χ1) is 11.6. The second kappa shape index (κ2) is 5.81. The summed E-state index contributed by atoms with van der Waals surface area (Å²) in [7, 11) is 0. The lowest BCUT2D eigenvalue weighted by atomic mass is 10.1. The van der Waals surface area contributed by atoms with Crippen molar-refractivity contribution >= 4 is 23.5 Å². The zero-order valence-electron chi connectivity index (χ0n) is 12.9. The number of rotatable bonds is 2. The third-order valence-corrected chi connectivity index (χ3v) is 4.41. The zero-order chi connectivity index (χ0) is 16.7. The van der Waals surface area contributed by atoms with Gasteiger partial charge in [0.1, 0.15) is 0 Å². The maximum absolute atomic E-state index is 13.9. The number of alkyl halides is 1. The molecule has 2 fully saturated rings. The highest BCUT2D eigenvalue weighted by Crippen LogP contribution is 2.34. The number of halogens is 1. The molecule has 4 rings (SSSR count). The van der Waals surface area contributed by atoms with Crippen molar-refractivity contribution in [2.75, 3.05) is 26.2 Å². The summed E-state index contributed by atoms with van der Waals surface area (Å²) in [6, 6.07) is 1.52. The number of guanidine groups is 1. The Morgan fingerprint density at radius 2 is 1.96 bits per heavy atom. The SMILES string of the molecule is O=C1N=C(N2CCN(C(=O)c3ccno3)CC2)N=C(C2CC2)C1F. The van der Waals surface area contributed by atoms with E-state index in [2.05, 4.69) is 15.1 Å². The Labute approximate surface area is 137 Å². The third kappa shape index (κ3) is 2.70. The van der Waals surface area contributed by atoms with Gasteiger partial charge in [0.05, 0.1) is 11.9 Å². The second-order valence-corrected chi connectivity index (χ2v) is 6.08. The molecule has 1 saturated heterocycles. The average Bonchev–Trinajstić information content (AvgIpc) is 3.30. The van der Waals surface area contributed by atoms with Crippen molar-refractivity contribution in [1.82, 2.24) is 15.0 Å². The van der Waals surface area contributed by atoms with Gasteiger partial charge in [-0.25, -0.2) is 9.38 Å². The third-order valence-electron chi connectivity index (χ3n) is 4.41. The number of nitrogens with zero attached hydrogens (tertiary/aromatic N) is 5. The van der Waals surface area contributed by atoms with Crippen LogP contribution in [-0.4, -0.2) is 70.8 Å². The van der Waals surface area contributed by atoms with Crippen LogP contribution >= 0.6 is 0 Å². The summed E-state index contributed by atoms with van der Waals surface area (Å²) >= 11 is 0. The fourth-order valence-corrected chi connectivity index (χ4v) is 2.89. The molecular formula is C15H16FN5O3. The van der Waals surface area contributed by atoms with Gasteiger partial charge in [0.25, 0.3) is 11.8 Å². The van der Waals surface area contributed by atoms with Crippen molar-refractivity contribution in [1.29, 1.82) is 0 Å². The van der Waals surface area contributed by atoms with Crippen LogP contribution in [0.5, 0.6) is 0 Å². The van der Waals surface area contributed by atoms with E-state index in [1.54, 1.807) is 4.90 Å².